The highest BCUT2D eigenvalue weighted by Crippen LogP contribution is 2.29. The second-order valence-electron chi connectivity index (χ2n) is 4.03. The second kappa shape index (κ2) is 5.07. The standard InChI is InChI=1S/C10H12BrN3O4/c1-6-10(12-5-7-2-3-18-7)8(14(16)17)4-9(11)13(6)15/h4,7,12H,2-3,5H2,1H3/t7-/m0/s1. The Morgan fingerprint density at radius 2 is 2.39 bits per heavy atom. The summed E-state index contributed by atoms with van der Waals surface area (Å²) in [5.41, 5.74) is 0.384. The van der Waals surface area contributed by atoms with E-state index >= 15 is 0 Å². The Morgan fingerprint density at radius 1 is 1.72 bits per heavy atom. The van der Waals surface area contributed by atoms with Crippen molar-refractivity contribution < 1.29 is 14.4 Å². The van der Waals surface area contributed by atoms with Gasteiger partial charge in [-0.2, -0.15) is 4.73 Å². The van der Waals surface area contributed by atoms with E-state index in [0.29, 0.717) is 11.3 Å². The summed E-state index contributed by atoms with van der Waals surface area (Å²) < 4.78 is 5.95. The molecule has 0 amide bonds. The first-order valence-corrected chi connectivity index (χ1v) is 6.22. The maximum absolute atomic E-state index is 11.7. The lowest BCUT2D eigenvalue weighted by Crippen LogP contribution is -2.36. The van der Waals surface area contributed by atoms with Gasteiger partial charge in [-0.15, -0.1) is 0 Å². The number of nitro groups is 1. The van der Waals surface area contributed by atoms with E-state index < -0.39 is 4.92 Å². The molecule has 0 radical (unpaired) electrons. The molecule has 1 saturated heterocycles. The van der Waals surface area contributed by atoms with Crippen molar-refractivity contribution in [2.45, 2.75) is 19.4 Å². The van der Waals surface area contributed by atoms with Gasteiger partial charge in [0.1, 0.15) is 0 Å². The average molecular weight is 318 g/mol. The molecule has 98 valence electrons. The zero-order chi connectivity index (χ0) is 13.3. The summed E-state index contributed by atoms with van der Waals surface area (Å²) in [7, 11) is 0. The Morgan fingerprint density at radius 3 is 2.89 bits per heavy atom. The smallest absolute Gasteiger partial charge is 0.306 e. The molecular weight excluding hydrogens is 306 g/mol. The van der Waals surface area contributed by atoms with Crippen molar-refractivity contribution in [3.63, 3.8) is 0 Å². The highest BCUT2D eigenvalue weighted by molar-refractivity contribution is 9.10. The molecule has 0 unspecified atom stereocenters. The Kier molecular flexibility index (Phi) is 3.67. The van der Waals surface area contributed by atoms with E-state index in [1.165, 1.54) is 13.0 Å². The van der Waals surface area contributed by atoms with E-state index in [1.807, 2.05) is 0 Å². The minimum atomic E-state index is -0.512. The third-order valence-electron chi connectivity index (χ3n) is 2.87. The number of aromatic nitrogens is 1. The monoisotopic (exact) mass is 317 g/mol. The van der Waals surface area contributed by atoms with E-state index in [0.717, 1.165) is 13.0 Å². The molecule has 0 aromatic carbocycles. The maximum atomic E-state index is 11.7. The van der Waals surface area contributed by atoms with E-state index in [-0.39, 0.29) is 27.8 Å². The third kappa shape index (κ3) is 2.39. The predicted molar refractivity (Wildman–Crippen MR) is 67.3 cm³/mol. The molecule has 2 heterocycles. The SMILES string of the molecule is Cc1c(NC[C@@H]2CCO2)c([N+](=O)[O-])cc(Br)[n+]1[O-]. The molecule has 0 saturated carbocycles. The summed E-state index contributed by atoms with van der Waals surface area (Å²) in [6.45, 7) is 2.72. The first-order chi connectivity index (χ1) is 8.50. The van der Waals surface area contributed by atoms with Crippen LogP contribution in [0.2, 0.25) is 0 Å². The molecule has 1 fully saturated rings. The van der Waals surface area contributed by atoms with Crippen LogP contribution >= 0.6 is 15.9 Å². The van der Waals surface area contributed by atoms with Gasteiger partial charge in [-0.1, -0.05) is 0 Å². The number of pyridine rings is 1. The van der Waals surface area contributed by atoms with Gasteiger partial charge in [-0.3, -0.25) is 10.1 Å². The second-order valence-corrected chi connectivity index (χ2v) is 4.84. The number of hydrogen-bond acceptors (Lipinski definition) is 5. The van der Waals surface area contributed by atoms with Crippen LogP contribution in [-0.4, -0.2) is 24.2 Å². The highest BCUT2D eigenvalue weighted by Gasteiger charge is 2.27. The normalized spacial score (nSPS) is 18.2. The molecule has 0 aliphatic carbocycles. The van der Waals surface area contributed by atoms with Crippen LogP contribution in [0.5, 0.6) is 0 Å². The first kappa shape index (κ1) is 13.0. The molecule has 1 atom stereocenters. The molecular formula is C10H12BrN3O4. The van der Waals surface area contributed by atoms with Gasteiger partial charge < -0.3 is 15.3 Å². The van der Waals surface area contributed by atoms with Gasteiger partial charge >= 0.3 is 5.69 Å². The molecule has 1 aliphatic heterocycles. The molecule has 0 spiro atoms. The summed E-state index contributed by atoms with van der Waals surface area (Å²) in [5, 5.41) is 25.6. The number of nitrogens with one attached hydrogen (secondary N) is 1. The maximum Gasteiger partial charge on any atom is 0.306 e. The molecule has 8 heteroatoms. The molecule has 18 heavy (non-hydrogen) atoms. The van der Waals surface area contributed by atoms with Crippen LogP contribution in [0.3, 0.4) is 0 Å². The van der Waals surface area contributed by atoms with Gasteiger partial charge in [0.05, 0.1) is 17.1 Å². The number of ether oxygens (including phenoxy) is 1. The lowest BCUT2D eigenvalue weighted by Gasteiger charge is -2.26. The zero-order valence-corrected chi connectivity index (χ0v) is 11.3. The van der Waals surface area contributed by atoms with E-state index in [9.17, 15) is 15.3 Å². The quantitative estimate of drug-likeness (QED) is 0.299. The van der Waals surface area contributed by atoms with E-state index in [2.05, 4.69) is 21.2 Å². The highest BCUT2D eigenvalue weighted by atomic mass is 79.9. The van der Waals surface area contributed by atoms with Crippen molar-refractivity contribution in [3.05, 3.63) is 31.7 Å². The molecule has 1 aromatic rings. The van der Waals surface area contributed by atoms with Gasteiger partial charge in [-0.25, -0.2) is 0 Å². The van der Waals surface area contributed by atoms with Crippen molar-refractivity contribution >= 4 is 27.3 Å². The van der Waals surface area contributed by atoms with Crippen molar-refractivity contribution in [2.75, 3.05) is 18.5 Å². The number of hydrogen-bond donors (Lipinski definition) is 1. The fourth-order valence-electron chi connectivity index (χ4n) is 1.71. The van der Waals surface area contributed by atoms with Crippen molar-refractivity contribution in [3.8, 4) is 0 Å². The summed E-state index contributed by atoms with van der Waals surface area (Å²) in [6.07, 6.45) is 0.987. The minimum Gasteiger partial charge on any atom is -0.618 e. The predicted octanol–water partition coefficient (Wildman–Crippen LogP) is 1.50. The number of rotatable bonds is 4. The zero-order valence-electron chi connectivity index (χ0n) is 9.68. The van der Waals surface area contributed by atoms with Gasteiger partial charge in [0, 0.05) is 36.0 Å². The van der Waals surface area contributed by atoms with Crippen molar-refractivity contribution in [2.24, 2.45) is 0 Å². The number of halogens is 1. The van der Waals surface area contributed by atoms with Crippen LogP contribution in [0.1, 0.15) is 12.1 Å². The Balaban J connectivity index is 2.29. The fraction of sp³-hybridized carbons (Fsp3) is 0.500. The van der Waals surface area contributed by atoms with E-state index in [1.54, 1.807) is 0 Å². The fourth-order valence-corrected chi connectivity index (χ4v) is 2.20. The molecule has 0 bridgehead atoms. The van der Waals surface area contributed by atoms with Gasteiger partial charge in [0.15, 0.2) is 5.69 Å². The minimum absolute atomic E-state index is 0.0627. The van der Waals surface area contributed by atoms with Gasteiger partial charge in [-0.05, 0) is 6.42 Å². The lowest BCUT2D eigenvalue weighted by molar-refractivity contribution is -0.623. The largest absolute Gasteiger partial charge is 0.618 e. The lowest BCUT2D eigenvalue weighted by atomic mass is 10.2. The van der Waals surface area contributed by atoms with Crippen LogP contribution in [0, 0.1) is 22.2 Å². The number of anilines is 1. The summed E-state index contributed by atoms with van der Waals surface area (Å²) in [6, 6.07) is 1.20. The molecule has 1 N–H and O–H groups in total. The van der Waals surface area contributed by atoms with Crippen LogP contribution in [0.15, 0.2) is 10.7 Å². The molecule has 7 nitrogen and oxygen atoms in total. The first-order valence-electron chi connectivity index (χ1n) is 5.43. The topological polar surface area (TPSA) is 91.3 Å². The average Bonchev–Trinajstić information content (AvgIpc) is 2.26. The summed E-state index contributed by atoms with van der Waals surface area (Å²) >= 11 is 3.00. The summed E-state index contributed by atoms with van der Waals surface area (Å²) in [4.78, 5) is 10.5. The van der Waals surface area contributed by atoms with Gasteiger partial charge in [0.2, 0.25) is 5.69 Å². The molecule has 1 aliphatic rings. The molecule has 1 aromatic heterocycles. The van der Waals surface area contributed by atoms with Crippen LogP contribution < -0.4 is 10.0 Å². The summed E-state index contributed by atoms with van der Waals surface area (Å²) in [5.74, 6) is 0. The Hall–Kier alpha value is -1.41. The van der Waals surface area contributed by atoms with Crippen molar-refractivity contribution in [1.29, 1.82) is 0 Å². The Labute approximate surface area is 112 Å². The molecule has 2 rings (SSSR count). The third-order valence-corrected chi connectivity index (χ3v) is 3.42. The van der Waals surface area contributed by atoms with Gasteiger partial charge in [0.25, 0.3) is 4.60 Å². The van der Waals surface area contributed by atoms with Crippen LogP contribution in [-0.2, 0) is 4.74 Å². The van der Waals surface area contributed by atoms with Crippen molar-refractivity contribution in [1.82, 2.24) is 0 Å². The van der Waals surface area contributed by atoms with Crippen LogP contribution in [0.4, 0.5) is 11.4 Å². The number of nitrogens with zero attached hydrogens (tertiary/aromatic N) is 2. The van der Waals surface area contributed by atoms with E-state index in [4.69, 9.17) is 4.74 Å². The Bertz CT molecular complexity index is 491. The van der Waals surface area contributed by atoms with Crippen LogP contribution in [0.25, 0.3) is 0 Å².